The average molecular weight is 299 g/mol. The van der Waals surface area contributed by atoms with E-state index in [1.165, 1.54) is 6.07 Å². The number of ether oxygens (including phenoxy) is 1. The van der Waals surface area contributed by atoms with E-state index in [0.717, 1.165) is 5.56 Å². The van der Waals surface area contributed by atoms with Gasteiger partial charge in [0.1, 0.15) is 16.6 Å². The molecule has 0 atom stereocenters. The Morgan fingerprint density at radius 3 is 2.63 bits per heavy atom. The summed E-state index contributed by atoms with van der Waals surface area (Å²) in [7, 11) is 1.54. The molecule has 2 aromatic rings. The lowest BCUT2D eigenvalue weighted by Crippen LogP contribution is -2.13. The lowest BCUT2D eigenvalue weighted by Gasteiger charge is -2.10. The molecule has 1 heterocycles. The molecular weight excluding hydrogens is 287 g/mol. The van der Waals surface area contributed by atoms with Gasteiger partial charge in [-0.2, -0.15) is 0 Å². The van der Waals surface area contributed by atoms with Gasteiger partial charge >= 0.3 is 0 Å². The molecule has 0 bridgehead atoms. The minimum atomic E-state index is -0.335. The summed E-state index contributed by atoms with van der Waals surface area (Å²) in [6, 6.07) is 6.99. The number of halogens is 2. The third-order valence-electron chi connectivity index (χ3n) is 2.57. The van der Waals surface area contributed by atoms with Crippen LogP contribution in [0.3, 0.4) is 0 Å². The smallest absolute Gasteiger partial charge is 0.272 e. The van der Waals surface area contributed by atoms with Crippen LogP contribution in [0.15, 0.2) is 24.3 Å². The van der Waals surface area contributed by atoms with Crippen molar-refractivity contribution in [2.45, 2.75) is 6.92 Å². The number of nitrogens with one attached hydrogen (secondary N) is 2. The van der Waals surface area contributed by atoms with E-state index in [1.54, 1.807) is 13.2 Å². The number of amides is 1. The van der Waals surface area contributed by atoms with E-state index < -0.39 is 0 Å². The third kappa shape index (κ3) is 3.03. The molecule has 0 radical (unpaired) electrons. The van der Waals surface area contributed by atoms with Crippen molar-refractivity contribution in [3.05, 3.63) is 45.7 Å². The molecule has 6 heteroatoms. The Hall–Kier alpha value is -1.65. The van der Waals surface area contributed by atoms with Gasteiger partial charge in [-0.3, -0.25) is 4.79 Å². The molecule has 0 unspecified atom stereocenters. The van der Waals surface area contributed by atoms with Gasteiger partial charge in [-0.1, -0.05) is 29.3 Å². The largest absolute Gasteiger partial charge is 0.495 e. The van der Waals surface area contributed by atoms with E-state index in [9.17, 15) is 4.79 Å². The monoisotopic (exact) mass is 298 g/mol. The van der Waals surface area contributed by atoms with E-state index >= 15 is 0 Å². The van der Waals surface area contributed by atoms with Gasteiger partial charge in [0.05, 0.1) is 17.8 Å². The second-order valence-corrected chi connectivity index (χ2v) is 4.79. The Labute approximate surface area is 120 Å². The zero-order valence-corrected chi connectivity index (χ0v) is 11.9. The SMILES string of the molecule is COc1ccc(C)cc1NC(=O)c1cc(Cl)c(Cl)[nH]1. The van der Waals surface area contributed by atoms with E-state index in [-0.39, 0.29) is 11.1 Å². The fraction of sp³-hybridized carbons (Fsp3) is 0.154. The molecule has 0 spiro atoms. The normalized spacial score (nSPS) is 10.3. The molecule has 1 aromatic heterocycles. The molecule has 0 fully saturated rings. The maximum Gasteiger partial charge on any atom is 0.272 e. The maximum atomic E-state index is 12.0. The summed E-state index contributed by atoms with van der Waals surface area (Å²) in [5, 5.41) is 3.29. The van der Waals surface area contributed by atoms with Crippen LogP contribution in [0.4, 0.5) is 5.69 Å². The van der Waals surface area contributed by atoms with Crippen molar-refractivity contribution in [3.63, 3.8) is 0 Å². The number of hydrogen-bond acceptors (Lipinski definition) is 2. The number of H-pyrrole nitrogens is 1. The highest BCUT2D eigenvalue weighted by Crippen LogP contribution is 2.27. The van der Waals surface area contributed by atoms with Crippen molar-refractivity contribution in [2.75, 3.05) is 12.4 Å². The molecule has 0 saturated heterocycles. The van der Waals surface area contributed by atoms with Crippen molar-refractivity contribution >= 4 is 34.8 Å². The Morgan fingerprint density at radius 1 is 1.32 bits per heavy atom. The molecule has 2 rings (SSSR count). The maximum absolute atomic E-state index is 12.0. The molecule has 0 aliphatic carbocycles. The molecule has 19 heavy (non-hydrogen) atoms. The quantitative estimate of drug-likeness (QED) is 0.903. The third-order valence-corrected chi connectivity index (χ3v) is 3.27. The molecule has 4 nitrogen and oxygen atoms in total. The Morgan fingerprint density at radius 2 is 2.05 bits per heavy atom. The number of anilines is 1. The van der Waals surface area contributed by atoms with E-state index in [0.29, 0.717) is 22.2 Å². The highest BCUT2D eigenvalue weighted by atomic mass is 35.5. The first-order valence-electron chi connectivity index (χ1n) is 5.51. The number of methoxy groups -OCH3 is 1. The van der Waals surface area contributed by atoms with Gasteiger partial charge in [-0.15, -0.1) is 0 Å². The van der Waals surface area contributed by atoms with Crippen molar-refractivity contribution in [1.29, 1.82) is 0 Å². The van der Waals surface area contributed by atoms with Crippen LogP contribution < -0.4 is 10.1 Å². The molecule has 0 aliphatic rings. The highest BCUT2D eigenvalue weighted by molar-refractivity contribution is 6.41. The van der Waals surface area contributed by atoms with Gasteiger partial charge in [-0.25, -0.2) is 0 Å². The predicted octanol–water partition coefficient (Wildman–Crippen LogP) is 3.89. The topological polar surface area (TPSA) is 54.1 Å². The molecule has 1 aromatic carbocycles. The molecule has 2 N–H and O–H groups in total. The zero-order valence-electron chi connectivity index (χ0n) is 10.4. The number of aromatic nitrogens is 1. The van der Waals surface area contributed by atoms with Crippen LogP contribution in [0.25, 0.3) is 0 Å². The average Bonchev–Trinajstić information content (AvgIpc) is 2.70. The van der Waals surface area contributed by atoms with Crippen molar-refractivity contribution in [2.24, 2.45) is 0 Å². The highest BCUT2D eigenvalue weighted by Gasteiger charge is 2.13. The summed E-state index contributed by atoms with van der Waals surface area (Å²) in [5.74, 6) is 0.250. The number of aryl methyl sites for hydroxylation is 1. The fourth-order valence-electron chi connectivity index (χ4n) is 1.64. The minimum absolute atomic E-state index is 0.239. The van der Waals surface area contributed by atoms with Crippen LogP contribution in [0.5, 0.6) is 5.75 Å². The van der Waals surface area contributed by atoms with Gasteiger partial charge in [-0.05, 0) is 30.7 Å². The lowest BCUT2D eigenvalue weighted by molar-refractivity contribution is 0.102. The minimum Gasteiger partial charge on any atom is -0.495 e. The van der Waals surface area contributed by atoms with Crippen molar-refractivity contribution in [3.8, 4) is 5.75 Å². The number of carbonyl (C=O) groups excluding carboxylic acids is 1. The van der Waals surface area contributed by atoms with Crippen LogP contribution >= 0.6 is 23.2 Å². The van der Waals surface area contributed by atoms with Crippen molar-refractivity contribution < 1.29 is 9.53 Å². The summed E-state index contributed by atoms with van der Waals surface area (Å²) < 4.78 is 5.19. The van der Waals surface area contributed by atoms with Crippen LogP contribution in [0.2, 0.25) is 10.2 Å². The number of carbonyl (C=O) groups is 1. The van der Waals surface area contributed by atoms with Gasteiger partial charge in [0.2, 0.25) is 0 Å². The van der Waals surface area contributed by atoms with Gasteiger partial charge in [0.15, 0.2) is 0 Å². The molecule has 100 valence electrons. The molecule has 0 aliphatic heterocycles. The Kier molecular flexibility index (Phi) is 4.02. The predicted molar refractivity (Wildman–Crippen MR) is 76.5 cm³/mol. The number of rotatable bonds is 3. The first-order valence-corrected chi connectivity index (χ1v) is 6.27. The Balaban J connectivity index is 2.25. The second-order valence-electron chi connectivity index (χ2n) is 4.00. The van der Waals surface area contributed by atoms with Crippen LogP contribution in [-0.2, 0) is 0 Å². The van der Waals surface area contributed by atoms with Gasteiger partial charge in [0, 0.05) is 0 Å². The summed E-state index contributed by atoms with van der Waals surface area (Å²) in [5.41, 5.74) is 1.89. The zero-order chi connectivity index (χ0) is 14.0. The van der Waals surface area contributed by atoms with Crippen LogP contribution in [0.1, 0.15) is 16.1 Å². The van der Waals surface area contributed by atoms with E-state index in [1.807, 2.05) is 19.1 Å². The first kappa shape index (κ1) is 13.8. The van der Waals surface area contributed by atoms with E-state index in [2.05, 4.69) is 10.3 Å². The first-order chi connectivity index (χ1) is 9.01. The van der Waals surface area contributed by atoms with Crippen LogP contribution in [-0.4, -0.2) is 18.0 Å². The number of hydrogen-bond donors (Lipinski definition) is 2. The molecule has 1 amide bonds. The fourth-order valence-corrected chi connectivity index (χ4v) is 1.95. The summed E-state index contributed by atoms with van der Waals surface area (Å²) in [6.45, 7) is 1.93. The Bertz CT molecular complexity index is 604. The molecular formula is C13H12Cl2N2O2. The van der Waals surface area contributed by atoms with Gasteiger partial charge in [0.25, 0.3) is 5.91 Å². The summed E-state index contributed by atoms with van der Waals surface area (Å²) >= 11 is 11.6. The number of benzene rings is 1. The number of aromatic amines is 1. The standard InChI is InChI=1S/C13H12Cl2N2O2/c1-7-3-4-11(19-2)9(5-7)17-13(18)10-6-8(14)12(15)16-10/h3-6,16H,1-2H3,(H,17,18). The summed E-state index contributed by atoms with van der Waals surface area (Å²) in [4.78, 5) is 14.7. The van der Waals surface area contributed by atoms with E-state index in [4.69, 9.17) is 27.9 Å². The van der Waals surface area contributed by atoms with Crippen LogP contribution in [0, 0.1) is 6.92 Å². The molecule has 0 saturated carbocycles. The lowest BCUT2D eigenvalue weighted by atomic mass is 10.2. The summed E-state index contributed by atoms with van der Waals surface area (Å²) in [6.07, 6.45) is 0. The van der Waals surface area contributed by atoms with Crippen molar-refractivity contribution in [1.82, 2.24) is 4.98 Å². The second kappa shape index (κ2) is 5.55. The van der Waals surface area contributed by atoms with Gasteiger partial charge < -0.3 is 15.0 Å².